The lowest BCUT2D eigenvalue weighted by Crippen LogP contribution is -2.07. The molecule has 0 spiro atoms. The highest BCUT2D eigenvalue weighted by Gasteiger charge is 2.11. The average molecular weight is 261 g/mol. The van der Waals surface area contributed by atoms with Crippen LogP contribution in [0.15, 0.2) is 23.6 Å². The Morgan fingerprint density at radius 1 is 1.11 bits per heavy atom. The van der Waals surface area contributed by atoms with Crippen LogP contribution < -0.4 is 5.32 Å². The first kappa shape index (κ1) is 13.0. The lowest BCUT2D eigenvalue weighted by atomic mass is 10.1. The predicted molar refractivity (Wildman–Crippen MR) is 78.7 cm³/mol. The maximum atomic E-state index is 9.66. The Labute approximate surface area is 112 Å². The SMILES string of the molecule is Cc1cc(NC(C)c2sccc2C)c(C)cc1O. The van der Waals surface area contributed by atoms with E-state index in [1.165, 1.54) is 10.4 Å². The zero-order valence-corrected chi connectivity index (χ0v) is 12.1. The number of hydrogen-bond acceptors (Lipinski definition) is 3. The van der Waals surface area contributed by atoms with Gasteiger partial charge in [-0.25, -0.2) is 0 Å². The Bertz CT molecular complexity index is 560. The molecule has 1 unspecified atom stereocenters. The molecule has 0 aliphatic heterocycles. The highest BCUT2D eigenvalue weighted by molar-refractivity contribution is 7.10. The van der Waals surface area contributed by atoms with Gasteiger partial charge in [-0.3, -0.25) is 0 Å². The van der Waals surface area contributed by atoms with E-state index in [1.807, 2.05) is 26.0 Å². The molecule has 2 rings (SSSR count). The number of aromatic hydroxyl groups is 1. The highest BCUT2D eigenvalue weighted by atomic mass is 32.1. The number of phenolic OH excluding ortho intramolecular Hbond substituents is 1. The van der Waals surface area contributed by atoms with Gasteiger partial charge in [0.25, 0.3) is 0 Å². The van der Waals surface area contributed by atoms with Crippen molar-refractivity contribution < 1.29 is 5.11 Å². The van der Waals surface area contributed by atoms with Crippen molar-refractivity contribution in [1.82, 2.24) is 0 Å². The summed E-state index contributed by atoms with van der Waals surface area (Å²) in [5.74, 6) is 0.359. The smallest absolute Gasteiger partial charge is 0.118 e. The van der Waals surface area contributed by atoms with Gasteiger partial charge in [-0.2, -0.15) is 0 Å². The number of phenols is 1. The van der Waals surface area contributed by atoms with Gasteiger partial charge >= 0.3 is 0 Å². The van der Waals surface area contributed by atoms with Crippen molar-refractivity contribution in [3.63, 3.8) is 0 Å². The maximum Gasteiger partial charge on any atom is 0.118 e. The number of anilines is 1. The molecule has 0 amide bonds. The summed E-state index contributed by atoms with van der Waals surface area (Å²) in [4.78, 5) is 1.36. The summed E-state index contributed by atoms with van der Waals surface area (Å²) in [6, 6.07) is 6.25. The van der Waals surface area contributed by atoms with E-state index in [1.54, 1.807) is 11.3 Å². The molecule has 0 aliphatic carbocycles. The fraction of sp³-hybridized carbons (Fsp3) is 0.333. The number of benzene rings is 1. The van der Waals surface area contributed by atoms with Crippen molar-refractivity contribution in [3.05, 3.63) is 45.1 Å². The molecule has 1 heterocycles. The standard InChI is InChI=1S/C15H19NOS/c1-9-5-6-18-15(9)12(4)16-13-7-11(3)14(17)8-10(13)2/h5-8,12,16-17H,1-4H3. The van der Waals surface area contributed by atoms with Crippen LogP contribution in [0.5, 0.6) is 5.75 Å². The maximum absolute atomic E-state index is 9.66. The van der Waals surface area contributed by atoms with Crippen LogP contribution in [-0.4, -0.2) is 5.11 Å². The van der Waals surface area contributed by atoms with Crippen molar-refractivity contribution in [3.8, 4) is 5.75 Å². The molecular formula is C15H19NOS. The fourth-order valence-electron chi connectivity index (χ4n) is 2.08. The summed E-state index contributed by atoms with van der Waals surface area (Å²) in [6.07, 6.45) is 0. The van der Waals surface area contributed by atoms with Gasteiger partial charge in [0.1, 0.15) is 5.75 Å². The average Bonchev–Trinajstić information content (AvgIpc) is 2.72. The van der Waals surface area contributed by atoms with Crippen molar-refractivity contribution >= 4 is 17.0 Å². The molecule has 1 aromatic heterocycles. The van der Waals surface area contributed by atoms with E-state index in [2.05, 4.69) is 30.6 Å². The van der Waals surface area contributed by atoms with Crippen LogP contribution >= 0.6 is 11.3 Å². The van der Waals surface area contributed by atoms with Gasteiger partial charge in [-0.05, 0) is 68.0 Å². The number of thiophene rings is 1. The number of nitrogens with one attached hydrogen (secondary N) is 1. The molecule has 18 heavy (non-hydrogen) atoms. The molecule has 0 radical (unpaired) electrons. The lowest BCUT2D eigenvalue weighted by molar-refractivity contribution is 0.470. The van der Waals surface area contributed by atoms with E-state index in [-0.39, 0.29) is 6.04 Å². The third-order valence-corrected chi connectivity index (χ3v) is 4.41. The van der Waals surface area contributed by atoms with Crippen molar-refractivity contribution in [1.29, 1.82) is 0 Å². The zero-order valence-electron chi connectivity index (χ0n) is 11.2. The molecule has 0 bridgehead atoms. The Balaban J connectivity index is 2.24. The molecule has 1 aromatic carbocycles. The van der Waals surface area contributed by atoms with Gasteiger partial charge in [-0.15, -0.1) is 11.3 Å². The quantitative estimate of drug-likeness (QED) is 0.794. The fourth-order valence-corrected chi connectivity index (χ4v) is 3.02. The second-order valence-corrected chi connectivity index (χ2v) is 5.74. The first-order valence-electron chi connectivity index (χ1n) is 6.09. The molecule has 96 valence electrons. The second kappa shape index (κ2) is 5.02. The number of hydrogen-bond donors (Lipinski definition) is 2. The summed E-state index contributed by atoms with van der Waals surface area (Å²) >= 11 is 1.78. The Morgan fingerprint density at radius 3 is 2.44 bits per heavy atom. The van der Waals surface area contributed by atoms with Crippen LogP contribution in [0.3, 0.4) is 0 Å². The van der Waals surface area contributed by atoms with Gasteiger partial charge in [0.2, 0.25) is 0 Å². The summed E-state index contributed by atoms with van der Waals surface area (Å²) in [5.41, 5.74) is 4.39. The molecule has 2 nitrogen and oxygen atoms in total. The Kier molecular flexibility index (Phi) is 3.62. The molecule has 2 N–H and O–H groups in total. The van der Waals surface area contributed by atoms with Gasteiger partial charge < -0.3 is 10.4 Å². The van der Waals surface area contributed by atoms with Crippen molar-refractivity contribution in [2.75, 3.05) is 5.32 Å². The monoisotopic (exact) mass is 261 g/mol. The van der Waals surface area contributed by atoms with Crippen LogP contribution in [0.25, 0.3) is 0 Å². The number of rotatable bonds is 3. The van der Waals surface area contributed by atoms with E-state index < -0.39 is 0 Å². The van der Waals surface area contributed by atoms with Crippen LogP contribution in [-0.2, 0) is 0 Å². The molecule has 0 saturated carbocycles. The first-order chi connectivity index (χ1) is 8.49. The van der Waals surface area contributed by atoms with Crippen LogP contribution in [0.2, 0.25) is 0 Å². The largest absolute Gasteiger partial charge is 0.508 e. The normalized spacial score (nSPS) is 12.4. The Hall–Kier alpha value is -1.48. The van der Waals surface area contributed by atoms with E-state index in [0.717, 1.165) is 16.8 Å². The van der Waals surface area contributed by atoms with Gasteiger partial charge in [0, 0.05) is 10.6 Å². The highest BCUT2D eigenvalue weighted by Crippen LogP contribution is 2.30. The Morgan fingerprint density at radius 2 is 1.83 bits per heavy atom. The lowest BCUT2D eigenvalue weighted by Gasteiger charge is -2.18. The molecule has 0 saturated heterocycles. The van der Waals surface area contributed by atoms with Gasteiger partial charge in [0.15, 0.2) is 0 Å². The van der Waals surface area contributed by atoms with E-state index in [4.69, 9.17) is 0 Å². The third kappa shape index (κ3) is 2.51. The third-order valence-electron chi connectivity index (χ3n) is 3.21. The second-order valence-electron chi connectivity index (χ2n) is 4.79. The van der Waals surface area contributed by atoms with Gasteiger partial charge in [-0.1, -0.05) is 0 Å². The minimum atomic E-state index is 0.285. The first-order valence-corrected chi connectivity index (χ1v) is 6.97. The van der Waals surface area contributed by atoms with E-state index in [9.17, 15) is 5.11 Å². The topological polar surface area (TPSA) is 32.3 Å². The minimum absolute atomic E-state index is 0.285. The van der Waals surface area contributed by atoms with E-state index >= 15 is 0 Å². The molecular weight excluding hydrogens is 242 g/mol. The summed E-state index contributed by atoms with van der Waals surface area (Å²) in [5, 5.41) is 15.3. The summed E-state index contributed by atoms with van der Waals surface area (Å²) < 4.78 is 0. The molecule has 0 aliphatic rings. The minimum Gasteiger partial charge on any atom is -0.508 e. The van der Waals surface area contributed by atoms with Crippen molar-refractivity contribution in [2.45, 2.75) is 33.7 Å². The van der Waals surface area contributed by atoms with Gasteiger partial charge in [0.05, 0.1) is 6.04 Å². The molecule has 3 heteroatoms. The van der Waals surface area contributed by atoms with Crippen LogP contribution in [0.4, 0.5) is 5.69 Å². The van der Waals surface area contributed by atoms with Crippen molar-refractivity contribution in [2.24, 2.45) is 0 Å². The summed E-state index contributed by atoms with van der Waals surface area (Å²) in [7, 11) is 0. The summed E-state index contributed by atoms with van der Waals surface area (Å²) in [6.45, 7) is 8.23. The van der Waals surface area contributed by atoms with Crippen LogP contribution in [0, 0.1) is 20.8 Å². The molecule has 1 atom stereocenters. The number of aryl methyl sites for hydroxylation is 3. The molecule has 2 aromatic rings. The predicted octanol–water partition coefficient (Wildman–Crippen LogP) is 4.55. The zero-order chi connectivity index (χ0) is 13.3. The van der Waals surface area contributed by atoms with Crippen LogP contribution in [0.1, 0.15) is 34.5 Å². The molecule has 0 fully saturated rings. The van der Waals surface area contributed by atoms with E-state index in [0.29, 0.717) is 5.75 Å².